The molecule has 1 amide bonds. The minimum absolute atomic E-state index is 0.325. The highest BCUT2D eigenvalue weighted by Gasteiger charge is 2.26. The second-order valence-corrected chi connectivity index (χ2v) is 6.76. The molecule has 1 atom stereocenters. The van der Waals surface area contributed by atoms with Crippen LogP contribution in [-0.4, -0.2) is 41.4 Å². The lowest BCUT2D eigenvalue weighted by molar-refractivity contribution is -0.135. The molecule has 1 fully saturated rings. The Hall–Kier alpha value is -0.870. The van der Waals surface area contributed by atoms with Gasteiger partial charge in [-0.15, -0.1) is 11.3 Å². The van der Waals surface area contributed by atoms with Gasteiger partial charge in [0.05, 0.1) is 6.54 Å². The quantitative estimate of drug-likeness (QED) is 0.830. The second kappa shape index (κ2) is 5.63. The molecule has 4 heteroatoms. The number of amides is 1. The van der Waals surface area contributed by atoms with Crippen LogP contribution >= 0.6 is 11.3 Å². The molecule has 0 bridgehead atoms. The van der Waals surface area contributed by atoms with Gasteiger partial charge >= 0.3 is 0 Å². The molecule has 0 aromatic carbocycles. The summed E-state index contributed by atoms with van der Waals surface area (Å²) in [7, 11) is 0. The number of nitrogens with zero attached hydrogens (tertiary/aromatic N) is 2. The molecule has 19 heavy (non-hydrogen) atoms. The van der Waals surface area contributed by atoms with Crippen LogP contribution in [0.3, 0.4) is 0 Å². The van der Waals surface area contributed by atoms with Crippen molar-refractivity contribution in [2.24, 2.45) is 0 Å². The van der Waals surface area contributed by atoms with Crippen molar-refractivity contribution in [3.63, 3.8) is 0 Å². The van der Waals surface area contributed by atoms with E-state index in [-0.39, 0.29) is 0 Å². The molecule has 2 aliphatic heterocycles. The van der Waals surface area contributed by atoms with E-state index in [1.54, 1.807) is 0 Å². The summed E-state index contributed by atoms with van der Waals surface area (Å²) in [6.45, 7) is 5.72. The summed E-state index contributed by atoms with van der Waals surface area (Å²) < 4.78 is 0. The van der Waals surface area contributed by atoms with Gasteiger partial charge in [-0.2, -0.15) is 0 Å². The van der Waals surface area contributed by atoms with E-state index in [2.05, 4.69) is 28.2 Å². The summed E-state index contributed by atoms with van der Waals surface area (Å²) in [5.41, 5.74) is 1.43. The van der Waals surface area contributed by atoms with Gasteiger partial charge in [-0.3, -0.25) is 9.69 Å². The van der Waals surface area contributed by atoms with Crippen LogP contribution in [0.15, 0.2) is 11.4 Å². The highest BCUT2D eigenvalue weighted by Crippen LogP contribution is 2.24. The first kappa shape index (κ1) is 13.1. The smallest absolute Gasteiger partial charge is 0.236 e. The van der Waals surface area contributed by atoms with Crippen molar-refractivity contribution in [3.8, 4) is 0 Å². The number of fused-ring (bicyclic) bond motifs is 1. The van der Waals surface area contributed by atoms with Crippen molar-refractivity contribution in [1.29, 1.82) is 0 Å². The van der Waals surface area contributed by atoms with Crippen molar-refractivity contribution in [1.82, 2.24) is 9.80 Å². The van der Waals surface area contributed by atoms with Gasteiger partial charge in [-0.05, 0) is 49.6 Å². The van der Waals surface area contributed by atoms with Crippen molar-refractivity contribution < 1.29 is 4.79 Å². The fourth-order valence-electron chi connectivity index (χ4n) is 3.19. The topological polar surface area (TPSA) is 23.6 Å². The van der Waals surface area contributed by atoms with E-state index in [0.717, 1.165) is 26.1 Å². The first-order valence-electron chi connectivity index (χ1n) is 7.31. The fourth-order valence-corrected chi connectivity index (χ4v) is 4.08. The van der Waals surface area contributed by atoms with E-state index in [1.807, 2.05) is 11.3 Å². The number of rotatable bonds is 2. The van der Waals surface area contributed by atoms with Gasteiger partial charge < -0.3 is 4.90 Å². The zero-order valence-corrected chi connectivity index (χ0v) is 12.4. The average Bonchev–Trinajstić information content (AvgIpc) is 2.86. The maximum atomic E-state index is 12.4. The molecule has 0 aliphatic carbocycles. The third-order valence-corrected chi connectivity index (χ3v) is 5.39. The number of hydrogen-bond donors (Lipinski definition) is 0. The van der Waals surface area contributed by atoms with E-state index >= 15 is 0 Å². The first-order chi connectivity index (χ1) is 9.24. The van der Waals surface area contributed by atoms with Gasteiger partial charge in [0, 0.05) is 30.6 Å². The van der Waals surface area contributed by atoms with Crippen LogP contribution in [0.1, 0.15) is 36.6 Å². The summed E-state index contributed by atoms with van der Waals surface area (Å²) in [6, 6.07) is 2.64. The molecule has 0 radical (unpaired) electrons. The van der Waals surface area contributed by atoms with Crippen molar-refractivity contribution >= 4 is 17.2 Å². The zero-order chi connectivity index (χ0) is 13.2. The minimum Gasteiger partial charge on any atom is -0.339 e. The standard InChI is InChI=1S/C15H22N2OS/c1-12-4-2-3-7-17(12)15(18)11-16-8-5-14-13(10-16)6-9-19-14/h6,9,12H,2-5,7-8,10-11H2,1H3. The van der Waals surface area contributed by atoms with Crippen LogP contribution in [0.25, 0.3) is 0 Å². The third-order valence-electron chi connectivity index (χ3n) is 4.37. The number of likely N-dealkylation sites (tertiary alicyclic amines) is 1. The Kier molecular flexibility index (Phi) is 3.89. The Morgan fingerprint density at radius 1 is 1.42 bits per heavy atom. The lowest BCUT2D eigenvalue weighted by Gasteiger charge is -2.35. The molecule has 0 saturated carbocycles. The predicted octanol–water partition coefficient (Wildman–Crippen LogP) is 2.51. The summed E-state index contributed by atoms with van der Waals surface area (Å²) >= 11 is 1.85. The first-order valence-corrected chi connectivity index (χ1v) is 8.19. The van der Waals surface area contributed by atoms with Crippen molar-refractivity contribution in [2.45, 2.75) is 45.2 Å². The maximum Gasteiger partial charge on any atom is 0.236 e. The SMILES string of the molecule is CC1CCCCN1C(=O)CN1CCc2sccc2C1. The molecule has 1 aromatic rings. The fraction of sp³-hybridized carbons (Fsp3) is 0.667. The van der Waals surface area contributed by atoms with Crippen molar-refractivity contribution in [3.05, 3.63) is 21.9 Å². The van der Waals surface area contributed by atoms with Crippen LogP contribution in [-0.2, 0) is 17.8 Å². The van der Waals surface area contributed by atoms with Gasteiger partial charge in [0.2, 0.25) is 5.91 Å². The number of carbonyl (C=O) groups excluding carboxylic acids is 1. The van der Waals surface area contributed by atoms with E-state index in [4.69, 9.17) is 0 Å². The number of carbonyl (C=O) groups is 1. The van der Waals surface area contributed by atoms with E-state index in [0.29, 0.717) is 18.5 Å². The molecular formula is C15H22N2OS. The number of thiophene rings is 1. The average molecular weight is 278 g/mol. The Bertz CT molecular complexity index is 457. The van der Waals surface area contributed by atoms with Crippen LogP contribution < -0.4 is 0 Å². The Labute approximate surface area is 119 Å². The summed E-state index contributed by atoms with van der Waals surface area (Å²) in [4.78, 5) is 18.3. The molecule has 0 N–H and O–H groups in total. The third kappa shape index (κ3) is 2.84. The molecule has 3 heterocycles. The maximum absolute atomic E-state index is 12.4. The van der Waals surface area contributed by atoms with Gasteiger partial charge in [-0.25, -0.2) is 0 Å². The molecule has 2 aliphatic rings. The molecule has 1 aromatic heterocycles. The van der Waals surface area contributed by atoms with Crippen LogP contribution in [0.4, 0.5) is 0 Å². The highest BCUT2D eigenvalue weighted by molar-refractivity contribution is 7.10. The minimum atomic E-state index is 0.325. The normalized spacial score (nSPS) is 24.3. The Morgan fingerprint density at radius 3 is 3.16 bits per heavy atom. The molecule has 3 rings (SSSR count). The second-order valence-electron chi connectivity index (χ2n) is 5.76. The van der Waals surface area contributed by atoms with Gasteiger partial charge in [-0.1, -0.05) is 0 Å². The molecule has 3 nitrogen and oxygen atoms in total. The van der Waals surface area contributed by atoms with Gasteiger partial charge in [0.15, 0.2) is 0 Å². The molecule has 104 valence electrons. The number of hydrogen-bond acceptors (Lipinski definition) is 3. The molecule has 1 unspecified atom stereocenters. The van der Waals surface area contributed by atoms with E-state index in [9.17, 15) is 4.79 Å². The van der Waals surface area contributed by atoms with E-state index < -0.39 is 0 Å². The molecule has 1 saturated heterocycles. The number of piperidine rings is 1. The monoisotopic (exact) mass is 278 g/mol. The molecule has 0 spiro atoms. The molecular weight excluding hydrogens is 256 g/mol. The van der Waals surface area contributed by atoms with Gasteiger partial charge in [0.1, 0.15) is 0 Å². The largest absolute Gasteiger partial charge is 0.339 e. The van der Waals surface area contributed by atoms with E-state index in [1.165, 1.54) is 29.7 Å². The van der Waals surface area contributed by atoms with Crippen LogP contribution in [0.5, 0.6) is 0 Å². The Balaban J connectivity index is 1.58. The van der Waals surface area contributed by atoms with Crippen LogP contribution in [0.2, 0.25) is 0 Å². The lowest BCUT2D eigenvalue weighted by Crippen LogP contribution is -2.47. The summed E-state index contributed by atoms with van der Waals surface area (Å²) in [5.74, 6) is 0.325. The lowest BCUT2D eigenvalue weighted by atomic mass is 10.0. The summed E-state index contributed by atoms with van der Waals surface area (Å²) in [6.07, 6.45) is 4.72. The van der Waals surface area contributed by atoms with Crippen molar-refractivity contribution in [2.75, 3.05) is 19.6 Å². The van der Waals surface area contributed by atoms with Gasteiger partial charge in [0.25, 0.3) is 0 Å². The predicted molar refractivity (Wildman–Crippen MR) is 78.3 cm³/mol. The Morgan fingerprint density at radius 2 is 2.32 bits per heavy atom. The zero-order valence-electron chi connectivity index (χ0n) is 11.6. The summed E-state index contributed by atoms with van der Waals surface area (Å²) in [5, 5.41) is 2.17. The van der Waals surface area contributed by atoms with Crippen LogP contribution in [0, 0.1) is 0 Å². The highest BCUT2D eigenvalue weighted by atomic mass is 32.1.